The molecule has 5 nitrogen and oxygen atoms in total. The maximum atomic E-state index is 13.5. The highest BCUT2D eigenvalue weighted by atomic mass is 35.5. The zero-order valence-electron chi connectivity index (χ0n) is 20.0. The highest BCUT2D eigenvalue weighted by molar-refractivity contribution is 6.35. The fraction of sp³-hybridized carbons (Fsp3) is 0.310. The molecule has 5 rings (SSSR count). The lowest BCUT2D eigenvalue weighted by atomic mass is 9.95. The van der Waals surface area contributed by atoms with Crippen LogP contribution in [-0.4, -0.2) is 24.4 Å². The van der Waals surface area contributed by atoms with Crippen LogP contribution in [-0.2, 0) is 13.0 Å². The molecule has 0 saturated heterocycles. The number of benzene rings is 3. The highest BCUT2D eigenvalue weighted by Crippen LogP contribution is 2.31. The minimum absolute atomic E-state index is 0.0994. The Morgan fingerprint density at radius 3 is 2.31 bits per heavy atom. The van der Waals surface area contributed by atoms with Crippen LogP contribution in [0.2, 0.25) is 10.0 Å². The van der Waals surface area contributed by atoms with Gasteiger partial charge in [0.25, 0.3) is 11.8 Å². The summed E-state index contributed by atoms with van der Waals surface area (Å²) in [4.78, 5) is 28.7. The number of hydrogen-bond donors (Lipinski definition) is 2. The lowest BCUT2D eigenvalue weighted by Gasteiger charge is -2.32. The Labute approximate surface area is 221 Å². The van der Waals surface area contributed by atoms with Crippen LogP contribution in [0.1, 0.15) is 63.9 Å². The van der Waals surface area contributed by atoms with Gasteiger partial charge in [-0.2, -0.15) is 0 Å². The van der Waals surface area contributed by atoms with Gasteiger partial charge in [-0.1, -0.05) is 66.7 Å². The molecule has 7 heteroatoms. The van der Waals surface area contributed by atoms with E-state index in [9.17, 15) is 9.59 Å². The highest BCUT2D eigenvalue weighted by Gasteiger charge is 2.24. The molecule has 0 spiro atoms. The Morgan fingerprint density at radius 2 is 1.56 bits per heavy atom. The first kappa shape index (κ1) is 24.7. The molecule has 1 saturated carbocycles. The fourth-order valence-corrected chi connectivity index (χ4v) is 5.70. The molecule has 1 fully saturated rings. The summed E-state index contributed by atoms with van der Waals surface area (Å²) in [5.41, 5.74) is 4.98. The second-order valence-electron chi connectivity index (χ2n) is 9.59. The van der Waals surface area contributed by atoms with Crippen LogP contribution < -0.4 is 15.5 Å². The van der Waals surface area contributed by atoms with E-state index in [1.165, 1.54) is 17.5 Å². The summed E-state index contributed by atoms with van der Waals surface area (Å²) in [5, 5.41) is 6.93. The molecule has 1 heterocycles. The number of carbonyl (C=O) groups excluding carboxylic acids is 2. The molecule has 2 aliphatic rings. The van der Waals surface area contributed by atoms with E-state index in [0.29, 0.717) is 26.9 Å². The van der Waals surface area contributed by atoms with Crippen molar-refractivity contribution in [2.45, 2.75) is 51.1 Å². The number of nitrogens with zero attached hydrogens (tertiary/aromatic N) is 1. The van der Waals surface area contributed by atoms with Crippen molar-refractivity contribution in [2.75, 3.05) is 16.8 Å². The molecule has 36 heavy (non-hydrogen) atoms. The summed E-state index contributed by atoms with van der Waals surface area (Å²) in [6.45, 7) is 1.57. The van der Waals surface area contributed by atoms with Crippen molar-refractivity contribution in [3.8, 4) is 0 Å². The van der Waals surface area contributed by atoms with Gasteiger partial charge in [0, 0.05) is 46.1 Å². The van der Waals surface area contributed by atoms with Gasteiger partial charge in [-0.25, -0.2) is 0 Å². The van der Waals surface area contributed by atoms with Crippen molar-refractivity contribution in [1.29, 1.82) is 0 Å². The number of amides is 2. The Kier molecular flexibility index (Phi) is 7.49. The monoisotopic (exact) mass is 521 g/mol. The van der Waals surface area contributed by atoms with Crippen molar-refractivity contribution < 1.29 is 9.59 Å². The lowest BCUT2D eigenvalue weighted by molar-refractivity contribution is 0.0927. The fourth-order valence-electron chi connectivity index (χ4n) is 5.17. The molecule has 3 aromatic carbocycles. The van der Waals surface area contributed by atoms with Crippen molar-refractivity contribution >= 4 is 46.4 Å². The van der Waals surface area contributed by atoms with E-state index in [4.69, 9.17) is 23.2 Å². The first-order chi connectivity index (χ1) is 17.5. The minimum atomic E-state index is -0.335. The van der Waals surface area contributed by atoms with Gasteiger partial charge in [-0.15, -0.1) is 0 Å². The average Bonchev–Trinajstić information content (AvgIpc) is 2.88. The lowest BCUT2D eigenvalue weighted by Crippen LogP contribution is -2.38. The van der Waals surface area contributed by atoms with Crippen LogP contribution in [0, 0.1) is 0 Å². The molecule has 1 aliphatic carbocycles. The molecule has 0 aromatic heterocycles. The largest absolute Gasteiger partial charge is 0.366 e. The van der Waals surface area contributed by atoms with Gasteiger partial charge >= 0.3 is 0 Å². The van der Waals surface area contributed by atoms with Gasteiger partial charge in [0.2, 0.25) is 0 Å². The zero-order valence-corrected chi connectivity index (χ0v) is 21.5. The summed E-state index contributed by atoms with van der Waals surface area (Å²) >= 11 is 12.2. The number of anilines is 2. The Bertz CT molecular complexity index is 1270. The Morgan fingerprint density at radius 1 is 0.833 bits per heavy atom. The van der Waals surface area contributed by atoms with Crippen molar-refractivity contribution in [3.05, 3.63) is 93.0 Å². The number of nitrogens with one attached hydrogen (secondary N) is 2. The van der Waals surface area contributed by atoms with Crippen molar-refractivity contribution in [2.24, 2.45) is 0 Å². The molecular weight excluding hydrogens is 493 g/mol. The van der Waals surface area contributed by atoms with Crippen molar-refractivity contribution in [1.82, 2.24) is 5.32 Å². The van der Waals surface area contributed by atoms with Gasteiger partial charge in [0.05, 0.1) is 5.56 Å². The molecule has 0 unspecified atom stereocenters. The van der Waals surface area contributed by atoms with Gasteiger partial charge in [-0.05, 0) is 66.8 Å². The summed E-state index contributed by atoms with van der Waals surface area (Å²) in [6, 6.07) is 18.9. The molecular formula is C29H29Cl2N3O2. The predicted molar refractivity (Wildman–Crippen MR) is 146 cm³/mol. The van der Waals surface area contributed by atoms with Gasteiger partial charge in [0.15, 0.2) is 0 Å². The number of hydrogen-bond acceptors (Lipinski definition) is 3. The third-order valence-corrected chi connectivity index (χ3v) is 7.47. The third-order valence-electron chi connectivity index (χ3n) is 7.04. The van der Waals surface area contributed by atoms with Gasteiger partial charge in [-0.3, -0.25) is 9.59 Å². The van der Waals surface area contributed by atoms with Crippen molar-refractivity contribution in [3.63, 3.8) is 0 Å². The van der Waals surface area contributed by atoms with E-state index in [2.05, 4.69) is 39.8 Å². The van der Waals surface area contributed by atoms with E-state index in [0.717, 1.165) is 50.9 Å². The topological polar surface area (TPSA) is 61.4 Å². The van der Waals surface area contributed by atoms with E-state index < -0.39 is 0 Å². The number of rotatable bonds is 5. The number of carbonyl (C=O) groups is 2. The summed E-state index contributed by atoms with van der Waals surface area (Å²) in [7, 11) is 0. The maximum Gasteiger partial charge on any atom is 0.255 e. The summed E-state index contributed by atoms with van der Waals surface area (Å²) in [5.74, 6) is -0.435. The van der Waals surface area contributed by atoms with Crippen LogP contribution in [0.3, 0.4) is 0 Å². The zero-order chi connectivity index (χ0) is 25.1. The SMILES string of the molecule is O=C(Nc1ccc(N2CCc3ccccc3C2)c(C(=O)NC2CCCCC2)c1)c1cc(Cl)cc(Cl)c1. The Balaban J connectivity index is 1.43. The van der Waals surface area contributed by atoms with Crippen LogP contribution in [0.25, 0.3) is 0 Å². The molecule has 0 bridgehead atoms. The second kappa shape index (κ2) is 10.9. The molecule has 0 radical (unpaired) electrons. The average molecular weight is 522 g/mol. The molecule has 2 N–H and O–H groups in total. The number of fused-ring (bicyclic) bond motifs is 1. The van der Waals surface area contributed by atoms with E-state index in [1.807, 2.05) is 12.1 Å². The maximum absolute atomic E-state index is 13.5. The van der Waals surface area contributed by atoms with Crippen LogP contribution in [0.5, 0.6) is 0 Å². The number of halogens is 2. The van der Waals surface area contributed by atoms with Gasteiger partial charge in [0.1, 0.15) is 0 Å². The van der Waals surface area contributed by atoms with E-state index >= 15 is 0 Å². The molecule has 3 aromatic rings. The quantitative estimate of drug-likeness (QED) is 0.385. The molecule has 2 amide bonds. The molecule has 0 atom stereocenters. The van der Waals surface area contributed by atoms with E-state index in [-0.39, 0.29) is 17.9 Å². The first-order valence-electron chi connectivity index (χ1n) is 12.5. The minimum Gasteiger partial charge on any atom is -0.366 e. The standard InChI is InChI=1S/C29H29Cl2N3O2/c30-22-14-21(15-23(31)16-22)28(35)33-25-10-11-27(34-13-12-19-6-4-5-7-20(19)18-34)26(17-25)29(36)32-24-8-2-1-3-9-24/h4-7,10-11,14-17,24H,1-3,8-9,12-13,18H2,(H,32,36)(H,33,35). The van der Waals surface area contributed by atoms with Gasteiger partial charge < -0.3 is 15.5 Å². The Hall–Kier alpha value is -3.02. The second-order valence-corrected chi connectivity index (χ2v) is 10.5. The van der Waals surface area contributed by atoms with Crippen LogP contribution in [0.15, 0.2) is 60.7 Å². The smallest absolute Gasteiger partial charge is 0.255 e. The molecule has 186 valence electrons. The van der Waals surface area contributed by atoms with E-state index in [1.54, 1.807) is 24.3 Å². The molecule has 1 aliphatic heterocycles. The normalized spacial score (nSPS) is 15.8. The van der Waals surface area contributed by atoms with Crippen LogP contribution >= 0.6 is 23.2 Å². The summed E-state index contributed by atoms with van der Waals surface area (Å²) < 4.78 is 0. The predicted octanol–water partition coefficient (Wildman–Crippen LogP) is 6.87. The first-order valence-corrected chi connectivity index (χ1v) is 13.3. The third kappa shape index (κ3) is 5.69. The van der Waals surface area contributed by atoms with Crippen LogP contribution in [0.4, 0.5) is 11.4 Å². The summed E-state index contributed by atoms with van der Waals surface area (Å²) in [6.07, 6.45) is 6.43.